The second kappa shape index (κ2) is 5.16. The SMILES string of the molecule is CC1Oc2ccc([N+](=O)[O-])cc2N(CCC(=O)O)C1=O. The van der Waals surface area contributed by atoms with E-state index in [4.69, 9.17) is 9.84 Å². The molecule has 0 bridgehead atoms. The molecule has 8 heteroatoms. The van der Waals surface area contributed by atoms with E-state index in [0.717, 1.165) is 0 Å². The Balaban J connectivity index is 2.40. The van der Waals surface area contributed by atoms with Crippen LogP contribution in [0.25, 0.3) is 0 Å². The average molecular weight is 280 g/mol. The number of fused-ring (bicyclic) bond motifs is 1. The molecule has 1 heterocycles. The number of aliphatic carboxylic acids is 1. The van der Waals surface area contributed by atoms with Gasteiger partial charge in [-0.2, -0.15) is 0 Å². The molecule has 0 saturated heterocycles. The summed E-state index contributed by atoms with van der Waals surface area (Å²) in [6.07, 6.45) is -1.00. The number of carboxylic acids is 1. The van der Waals surface area contributed by atoms with Crippen molar-refractivity contribution in [2.45, 2.75) is 19.4 Å². The predicted octanol–water partition coefficient (Wildman–Crippen LogP) is 1.18. The Kier molecular flexibility index (Phi) is 3.55. The third kappa shape index (κ3) is 2.53. The number of carbonyl (C=O) groups is 2. The highest BCUT2D eigenvalue weighted by molar-refractivity contribution is 6.00. The Labute approximate surface area is 113 Å². The van der Waals surface area contributed by atoms with Crippen LogP contribution < -0.4 is 9.64 Å². The fourth-order valence-corrected chi connectivity index (χ4v) is 1.95. The number of ether oxygens (including phenoxy) is 1. The molecule has 106 valence electrons. The van der Waals surface area contributed by atoms with Crippen molar-refractivity contribution in [1.82, 2.24) is 0 Å². The molecule has 20 heavy (non-hydrogen) atoms. The van der Waals surface area contributed by atoms with Crippen LogP contribution in [-0.2, 0) is 9.59 Å². The first-order chi connectivity index (χ1) is 9.40. The molecule has 1 amide bonds. The van der Waals surface area contributed by atoms with E-state index in [1.165, 1.54) is 23.1 Å². The molecule has 0 aliphatic carbocycles. The number of carboxylic acid groups (broad SMARTS) is 1. The Hall–Kier alpha value is -2.64. The third-order valence-corrected chi connectivity index (χ3v) is 2.91. The summed E-state index contributed by atoms with van der Waals surface area (Å²) in [7, 11) is 0. The van der Waals surface area contributed by atoms with E-state index in [0.29, 0.717) is 5.75 Å². The zero-order valence-corrected chi connectivity index (χ0v) is 10.6. The van der Waals surface area contributed by atoms with Crippen molar-refractivity contribution in [2.75, 3.05) is 11.4 Å². The molecule has 1 N–H and O–H groups in total. The summed E-state index contributed by atoms with van der Waals surface area (Å²) in [6, 6.07) is 3.89. The zero-order valence-electron chi connectivity index (χ0n) is 10.6. The van der Waals surface area contributed by atoms with Crippen LogP contribution in [0.4, 0.5) is 11.4 Å². The van der Waals surface area contributed by atoms with Crippen LogP contribution in [0.5, 0.6) is 5.75 Å². The highest BCUT2D eigenvalue weighted by atomic mass is 16.6. The second-order valence-corrected chi connectivity index (χ2v) is 4.30. The van der Waals surface area contributed by atoms with Crippen LogP contribution in [0.3, 0.4) is 0 Å². The minimum Gasteiger partial charge on any atom is -0.481 e. The summed E-state index contributed by atoms with van der Waals surface area (Å²) in [5, 5.41) is 19.5. The van der Waals surface area contributed by atoms with Crippen LogP contribution in [0.2, 0.25) is 0 Å². The lowest BCUT2D eigenvalue weighted by molar-refractivity contribution is -0.384. The number of hydrogen-bond acceptors (Lipinski definition) is 5. The molecule has 1 atom stereocenters. The normalized spacial score (nSPS) is 17.4. The molecule has 0 saturated carbocycles. The Morgan fingerprint density at radius 1 is 1.55 bits per heavy atom. The van der Waals surface area contributed by atoms with Gasteiger partial charge in [0.05, 0.1) is 17.0 Å². The van der Waals surface area contributed by atoms with Gasteiger partial charge in [-0.05, 0) is 13.0 Å². The number of carbonyl (C=O) groups excluding carboxylic acids is 1. The van der Waals surface area contributed by atoms with Crippen molar-refractivity contribution < 1.29 is 24.4 Å². The van der Waals surface area contributed by atoms with Crippen LogP contribution in [0, 0.1) is 10.1 Å². The van der Waals surface area contributed by atoms with Gasteiger partial charge in [0.2, 0.25) is 0 Å². The fraction of sp³-hybridized carbons (Fsp3) is 0.333. The van der Waals surface area contributed by atoms with Crippen LogP contribution >= 0.6 is 0 Å². The molecule has 0 radical (unpaired) electrons. The summed E-state index contributed by atoms with van der Waals surface area (Å²) >= 11 is 0. The van der Waals surface area contributed by atoms with Crippen molar-refractivity contribution in [3.8, 4) is 5.75 Å². The average Bonchev–Trinajstić information content (AvgIpc) is 2.38. The molecule has 2 rings (SSSR count). The maximum atomic E-state index is 12.0. The first kappa shape index (κ1) is 13.8. The lowest BCUT2D eigenvalue weighted by Crippen LogP contribution is -2.45. The van der Waals surface area contributed by atoms with E-state index in [-0.39, 0.29) is 24.3 Å². The van der Waals surface area contributed by atoms with Gasteiger partial charge in [0.1, 0.15) is 5.75 Å². The smallest absolute Gasteiger partial charge is 0.305 e. The monoisotopic (exact) mass is 280 g/mol. The molecule has 0 spiro atoms. The third-order valence-electron chi connectivity index (χ3n) is 2.91. The summed E-state index contributed by atoms with van der Waals surface area (Å²) in [5.41, 5.74) is 0.0404. The molecule has 8 nitrogen and oxygen atoms in total. The van der Waals surface area contributed by atoms with Crippen molar-refractivity contribution in [2.24, 2.45) is 0 Å². The van der Waals surface area contributed by atoms with Crippen molar-refractivity contribution in [1.29, 1.82) is 0 Å². The van der Waals surface area contributed by atoms with E-state index in [2.05, 4.69) is 0 Å². The van der Waals surface area contributed by atoms with Crippen LogP contribution in [0.1, 0.15) is 13.3 Å². The minimum atomic E-state index is -1.05. The number of nitro benzene ring substituents is 1. The summed E-state index contributed by atoms with van der Waals surface area (Å²) in [6.45, 7) is 1.48. The number of non-ortho nitro benzene ring substituents is 1. The number of amides is 1. The fourth-order valence-electron chi connectivity index (χ4n) is 1.95. The molecule has 1 aliphatic heterocycles. The van der Waals surface area contributed by atoms with Gasteiger partial charge in [-0.3, -0.25) is 19.7 Å². The van der Waals surface area contributed by atoms with Gasteiger partial charge in [0.15, 0.2) is 6.10 Å². The van der Waals surface area contributed by atoms with E-state index in [1.807, 2.05) is 0 Å². The molecule has 0 aromatic heterocycles. The van der Waals surface area contributed by atoms with Gasteiger partial charge >= 0.3 is 5.97 Å². The van der Waals surface area contributed by atoms with E-state index < -0.39 is 22.9 Å². The molecule has 1 aromatic carbocycles. The van der Waals surface area contributed by atoms with Gasteiger partial charge in [0.25, 0.3) is 11.6 Å². The lowest BCUT2D eigenvalue weighted by Gasteiger charge is -2.32. The zero-order chi connectivity index (χ0) is 14.9. The van der Waals surface area contributed by atoms with Gasteiger partial charge in [-0.15, -0.1) is 0 Å². The number of rotatable bonds is 4. The molecular weight excluding hydrogens is 268 g/mol. The topological polar surface area (TPSA) is 110 Å². The highest BCUT2D eigenvalue weighted by Crippen LogP contribution is 2.36. The van der Waals surface area contributed by atoms with E-state index >= 15 is 0 Å². The minimum absolute atomic E-state index is 0.0595. The maximum absolute atomic E-state index is 12.0. The number of hydrogen-bond donors (Lipinski definition) is 1. The Morgan fingerprint density at radius 3 is 2.85 bits per heavy atom. The number of anilines is 1. The second-order valence-electron chi connectivity index (χ2n) is 4.30. The first-order valence-corrected chi connectivity index (χ1v) is 5.88. The number of benzene rings is 1. The molecule has 1 unspecified atom stereocenters. The maximum Gasteiger partial charge on any atom is 0.305 e. The van der Waals surface area contributed by atoms with Gasteiger partial charge in [-0.25, -0.2) is 0 Å². The molecule has 0 fully saturated rings. The standard InChI is InChI=1S/C12H12N2O6/c1-7-12(17)13(5-4-11(15)16)9-6-8(14(18)19)2-3-10(9)20-7/h2-3,6-7H,4-5H2,1H3,(H,15,16). The van der Waals surface area contributed by atoms with Crippen LogP contribution in [-0.4, -0.2) is 34.6 Å². The van der Waals surface area contributed by atoms with Crippen molar-refractivity contribution >= 4 is 23.3 Å². The molecule has 1 aromatic rings. The summed E-state index contributed by atoms with van der Waals surface area (Å²) in [4.78, 5) is 34.1. The predicted molar refractivity (Wildman–Crippen MR) is 67.8 cm³/mol. The van der Waals surface area contributed by atoms with Crippen molar-refractivity contribution in [3.63, 3.8) is 0 Å². The van der Waals surface area contributed by atoms with E-state index in [1.54, 1.807) is 6.92 Å². The largest absolute Gasteiger partial charge is 0.481 e. The number of nitro groups is 1. The quantitative estimate of drug-likeness (QED) is 0.655. The molecular formula is C12H12N2O6. The summed E-state index contributed by atoms with van der Waals surface area (Å²) in [5.74, 6) is -1.14. The van der Waals surface area contributed by atoms with E-state index in [9.17, 15) is 19.7 Å². The van der Waals surface area contributed by atoms with Gasteiger partial charge in [0, 0.05) is 18.7 Å². The lowest BCUT2D eigenvalue weighted by atomic mass is 10.1. The first-order valence-electron chi connectivity index (χ1n) is 5.88. The summed E-state index contributed by atoms with van der Waals surface area (Å²) < 4.78 is 5.35. The van der Waals surface area contributed by atoms with Gasteiger partial charge in [-0.1, -0.05) is 0 Å². The number of nitrogens with zero attached hydrogens (tertiary/aromatic N) is 2. The van der Waals surface area contributed by atoms with Crippen LogP contribution in [0.15, 0.2) is 18.2 Å². The molecule has 1 aliphatic rings. The van der Waals surface area contributed by atoms with Crippen molar-refractivity contribution in [3.05, 3.63) is 28.3 Å². The highest BCUT2D eigenvalue weighted by Gasteiger charge is 2.32. The Bertz CT molecular complexity index is 585. The van der Waals surface area contributed by atoms with Gasteiger partial charge < -0.3 is 14.7 Å². The Morgan fingerprint density at radius 2 is 2.25 bits per heavy atom.